The monoisotopic (exact) mass is 147 g/mol. The maximum atomic E-state index is 9.65. The van der Waals surface area contributed by atoms with Gasteiger partial charge in [0.1, 0.15) is 0 Å². The third-order valence-corrected chi connectivity index (χ3v) is 0. The van der Waals surface area contributed by atoms with Crippen LogP contribution in [0.15, 0.2) is 0 Å². The molecule has 0 aliphatic heterocycles. The van der Waals surface area contributed by atoms with Crippen molar-refractivity contribution in [3.8, 4) is 0 Å². The molecule has 0 nitrogen and oxygen atoms in total. The molecule has 0 fully saturated rings. The zero-order chi connectivity index (χ0) is 5.41. The van der Waals surface area contributed by atoms with Crippen LogP contribution < -0.4 is 18.9 Å². The van der Waals surface area contributed by atoms with Crippen molar-refractivity contribution in [2.75, 3.05) is 0 Å². The second kappa shape index (κ2) is 27.1. The Balaban J connectivity index is -0.0000000400. The van der Waals surface area contributed by atoms with Crippen LogP contribution in [0, 0.1) is 0 Å². The van der Waals surface area contributed by atoms with Crippen LogP contribution in [-0.2, 0) is 0 Å². The molecule has 0 saturated heterocycles. The molecule has 0 aromatic heterocycles. The molecular weight excluding hydrogens is 145 g/mol. The van der Waals surface area contributed by atoms with Crippen LogP contribution in [-0.4, -0.2) is 0 Å². The zero-order valence-electron chi connectivity index (χ0n) is 3.51. The van der Waals surface area contributed by atoms with E-state index in [1.165, 1.54) is 0 Å². The van der Waals surface area contributed by atoms with E-state index in [1.807, 2.05) is 0 Å². The third kappa shape index (κ3) is 139. The normalized spacial score (nSPS) is 5.14. The van der Waals surface area contributed by atoms with Gasteiger partial charge in [-0.2, -0.15) is 16.8 Å². The molecule has 7 heteroatoms. The minimum absolute atomic E-state index is 0. The van der Waals surface area contributed by atoms with Crippen molar-refractivity contribution in [2.45, 2.75) is 0 Å². The van der Waals surface area contributed by atoms with Gasteiger partial charge < -0.3 is 0 Å². The molecule has 0 radical (unpaired) electrons. The molecular formula is H2F4LiP2+. The molecule has 40 valence electrons. The van der Waals surface area contributed by atoms with Gasteiger partial charge in [0.05, 0.1) is 0 Å². The summed E-state index contributed by atoms with van der Waals surface area (Å²) in [6.45, 7) is 0. The van der Waals surface area contributed by atoms with E-state index < -0.39 is 18.4 Å². The summed E-state index contributed by atoms with van der Waals surface area (Å²) < 4.78 is 38.6. The van der Waals surface area contributed by atoms with Gasteiger partial charge in [-0.3, -0.25) is 0 Å². The van der Waals surface area contributed by atoms with Crippen molar-refractivity contribution in [2.24, 2.45) is 0 Å². The van der Waals surface area contributed by atoms with Crippen LogP contribution in [0.3, 0.4) is 0 Å². The van der Waals surface area contributed by atoms with Crippen LogP contribution >= 0.6 is 18.4 Å². The summed E-state index contributed by atoms with van der Waals surface area (Å²) >= 11 is 0. The maximum absolute atomic E-state index is 9.65. The fourth-order valence-corrected chi connectivity index (χ4v) is 0. The molecule has 0 saturated carbocycles. The van der Waals surface area contributed by atoms with E-state index in [0.717, 1.165) is 0 Å². The Morgan fingerprint density at radius 2 is 0.714 bits per heavy atom. The predicted octanol–water partition coefficient (Wildman–Crippen LogP) is -0.128. The molecule has 0 N–H and O–H groups in total. The Morgan fingerprint density at radius 3 is 0.714 bits per heavy atom. The van der Waals surface area contributed by atoms with E-state index in [-0.39, 0.29) is 18.9 Å². The van der Waals surface area contributed by atoms with Gasteiger partial charge in [-0.25, -0.2) is 0 Å². The second-order valence-corrected chi connectivity index (χ2v) is 0.429. The largest absolute Gasteiger partial charge is 1.00 e. The summed E-state index contributed by atoms with van der Waals surface area (Å²) in [4.78, 5) is 0. The second-order valence-electron chi connectivity index (χ2n) is 0.143. The van der Waals surface area contributed by atoms with Crippen molar-refractivity contribution in [1.82, 2.24) is 0 Å². The van der Waals surface area contributed by atoms with Gasteiger partial charge in [-0.15, -0.1) is 0 Å². The summed E-state index contributed by atoms with van der Waals surface area (Å²) in [6.07, 6.45) is 0. The Bertz CT molecular complexity index is 11.7. The fourth-order valence-electron chi connectivity index (χ4n) is 0. The molecule has 0 rings (SSSR count). The fraction of sp³-hybridized carbons (Fsp3) is 0. The number of halogens is 4. The summed E-state index contributed by atoms with van der Waals surface area (Å²) in [5.74, 6) is 0. The molecule has 0 heterocycles. The first-order valence-electron chi connectivity index (χ1n) is 0.756. The first-order chi connectivity index (χ1) is 2.83. The van der Waals surface area contributed by atoms with Crippen molar-refractivity contribution < 1.29 is 35.6 Å². The SMILES string of the molecule is FPF.FPF.[Li+]. The van der Waals surface area contributed by atoms with E-state index in [4.69, 9.17) is 0 Å². The zero-order valence-corrected chi connectivity index (χ0v) is 5.51. The van der Waals surface area contributed by atoms with Crippen molar-refractivity contribution in [3.63, 3.8) is 0 Å². The van der Waals surface area contributed by atoms with E-state index in [2.05, 4.69) is 0 Å². The molecule has 0 atom stereocenters. The van der Waals surface area contributed by atoms with E-state index >= 15 is 0 Å². The van der Waals surface area contributed by atoms with E-state index in [0.29, 0.717) is 0 Å². The first kappa shape index (κ1) is 15.7. The molecule has 0 aromatic carbocycles. The van der Waals surface area contributed by atoms with Crippen LogP contribution in [0.2, 0.25) is 0 Å². The molecule has 0 amide bonds. The average Bonchev–Trinajstić information content (AvgIpc) is 1.39. The van der Waals surface area contributed by atoms with E-state index in [9.17, 15) is 16.8 Å². The standard InChI is InChI=1S/2F2HP.Li/c2*1-3-2;/h2*3H;/q;;+1. The first-order valence-corrected chi connectivity index (χ1v) is 2.27. The van der Waals surface area contributed by atoms with Crippen LogP contribution in [0.5, 0.6) is 0 Å². The topological polar surface area (TPSA) is 0 Å². The van der Waals surface area contributed by atoms with Crippen molar-refractivity contribution >= 4 is 18.4 Å². The van der Waals surface area contributed by atoms with Gasteiger partial charge in [0.2, 0.25) is 0 Å². The van der Waals surface area contributed by atoms with Crippen LogP contribution in [0.25, 0.3) is 0 Å². The maximum Gasteiger partial charge on any atom is 1.00 e. The molecule has 0 unspecified atom stereocenters. The summed E-state index contributed by atoms with van der Waals surface area (Å²) in [5.41, 5.74) is 0. The van der Waals surface area contributed by atoms with Crippen LogP contribution in [0.4, 0.5) is 16.8 Å². The molecule has 7 heavy (non-hydrogen) atoms. The Hall–Kier alpha value is 1.18. The van der Waals surface area contributed by atoms with Crippen molar-refractivity contribution in [1.29, 1.82) is 0 Å². The minimum atomic E-state index is -1.92. The van der Waals surface area contributed by atoms with Gasteiger partial charge in [0.15, 0.2) is 0 Å². The number of rotatable bonds is 0. The third-order valence-electron chi connectivity index (χ3n) is 0. The molecule has 0 aliphatic carbocycles. The number of hydrogen-bond acceptors (Lipinski definition) is 0. The molecule has 0 spiro atoms. The van der Waals surface area contributed by atoms with Gasteiger partial charge >= 0.3 is 18.9 Å². The van der Waals surface area contributed by atoms with Gasteiger partial charge in [-0.05, 0) is 0 Å². The summed E-state index contributed by atoms with van der Waals surface area (Å²) in [6, 6.07) is 0. The Morgan fingerprint density at radius 1 is 0.714 bits per heavy atom. The Labute approximate surface area is 54.7 Å². The quantitative estimate of drug-likeness (QED) is 0.254. The van der Waals surface area contributed by atoms with Gasteiger partial charge in [0, 0.05) is 0 Å². The smallest absolute Gasteiger partial charge is 0.192 e. The summed E-state index contributed by atoms with van der Waals surface area (Å²) in [7, 11) is -3.83. The van der Waals surface area contributed by atoms with E-state index in [1.54, 1.807) is 0 Å². The summed E-state index contributed by atoms with van der Waals surface area (Å²) in [5, 5.41) is 0. The molecule has 0 bridgehead atoms. The van der Waals surface area contributed by atoms with Gasteiger partial charge in [-0.1, -0.05) is 0 Å². The minimum Gasteiger partial charge on any atom is -0.192 e. The van der Waals surface area contributed by atoms with Gasteiger partial charge in [0.25, 0.3) is 18.4 Å². The average molecular weight is 147 g/mol. The Kier molecular flexibility index (Phi) is 60.9. The molecule has 0 aliphatic rings. The van der Waals surface area contributed by atoms with Crippen LogP contribution in [0.1, 0.15) is 0 Å². The number of hydrogen-bond donors (Lipinski definition) is 0. The van der Waals surface area contributed by atoms with Crippen molar-refractivity contribution in [3.05, 3.63) is 0 Å². The molecule has 0 aromatic rings. The predicted molar refractivity (Wildman–Crippen MR) is 21.1 cm³/mol.